The van der Waals surface area contributed by atoms with Gasteiger partial charge in [0.05, 0.1) is 12.3 Å². The van der Waals surface area contributed by atoms with Crippen LogP contribution in [0.3, 0.4) is 0 Å². The smallest absolute Gasteiger partial charge is 0.193 e. The number of pyridine rings is 1. The van der Waals surface area contributed by atoms with Crippen molar-refractivity contribution in [3.05, 3.63) is 36.3 Å². The molecule has 0 aromatic carbocycles. The van der Waals surface area contributed by atoms with E-state index in [0.717, 1.165) is 63.1 Å². The molecule has 134 valence electrons. The van der Waals surface area contributed by atoms with Gasteiger partial charge in [0.25, 0.3) is 0 Å². The van der Waals surface area contributed by atoms with Crippen LogP contribution in [0.2, 0.25) is 0 Å². The summed E-state index contributed by atoms with van der Waals surface area (Å²) < 4.78 is 7.70. The quantitative estimate of drug-likeness (QED) is 0.682. The standard InChI is InChI=1S/C19H27N5O/c1-2-20-18(24-11-7-19(14-24)8-12-25-15-19)21-9-6-16-13-23-10-4-3-5-17(23)22-16/h3-5,10,13H,2,6-9,11-12,14-15H2,1H3,(H,20,21). The Balaban J connectivity index is 1.40. The van der Waals surface area contributed by atoms with E-state index in [1.54, 1.807) is 0 Å². The van der Waals surface area contributed by atoms with Crippen LogP contribution in [0, 0.1) is 5.41 Å². The predicted molar refractivity (Wildman–Crippen MR) is 98.9 cm³/mol. The summed E-state index contributed by atoms with van der Waals surface area (Å²) in [5.41, 5.74) is 2.45. The molecule has 4 heterocycles. The molecular formula is C19H27N5O. The van der Waals surface area contributed by atoms with Gasteiger partial charge < -0.3 is 19.4 Å². The maximum absolute atomic E-state index is 5.64. The molecule has 6 nitrogen and oxygen atoms in total. The van der Waals surface area contributed by atoms with Crippen molar-refractivity contribution in [1.29, 1.82) is 0 Å². The molecule has 1 spiro atoms. The number of aromatic nitrogens is 2. The Morgan fingerprint density at radius 2 is 2.36 bits per heavy atom. The van der Waals surface area contributed by atoms with E-state index in [4.69, 9.17) is 9.73 Å². The molecule has 1 unspecified atom stereocenters. The van der Waals surface area contributed by atoms with E-state index in [2.05, 4.69) is 32.7 Å². The normalized spacial score (nSPS) is 23.9. The summed E-state index contributed by atoms with van der Waals surface area (Å²) in [6, 6.07) is 6.07. The lowest BCUT2D eigenvalue weighted by atomic mass is 9.87. The second-order valence-corrected chi connectivity index (χ2v) is 7.16. The van der Waals surface area contributed by atoms with Gasteiger partial charge in [-0.25, -0.2) is 4.98 Å². The molecule has 4 rings (SSSR count). The summed E-state index contributed by atoms with van der Waals surface area (Å²) in [7, 11) is 0. The fraction of sp³-hybridized carbons (Fsp3) is 0.579. The lowest BCUT2D eigenvalue weighted by Crippen LogP contribution is -2.41. The number of nitrogens with one attached hydrogen (secondary N) is 1. The van der Waals surface area contributed by atoms with Crippen LogP contribution in [-0.2, 0) is 11.2 Å². The lowest BCUT2D eigenvalue weighted by molar-refractivity contribution is 0.156. The fourth-order valence-corrected chi connectivity index (χ4v) is 3.90. The number of aliphatic imine (C=N–C) groups is 1. The number of fused-ring (bicyclic) bond motifs is 1. The first-order valence-corrected chi connectivity index (χ1v) is 9.32. The van der Waals surface area contributed by atoms with E-state index < -0.39 is 0 Å². The van der Waals surface area contributed by atoms with E-state index >= 15 is 0 Å². The second kappa shape index (κ2) is 7.04. The van der Waals surface area contributed by atoms with Crippen molar-refractivity contribution in [2.75, 3.05) is 39.4 Å². The Hall–Kier alpha value is -2.08. The van der Waals surface area contributed by atoms with Gasteiger partial charge in [-0.2, -0.15) is 0 Å². The van der Waals surface area contributed by atoms with Gasteiger partial charge in [-0.05, 0) is 31.9 Å². The fourth-order valence-electron chi connectivity index (χ4n) is 3.90. The van der Waals surface area contributed by atoms with Gasteiger partial charge in [-0.1, -0.05) is 6.07 Å². The molecule has 2 fully saturated rings. The predicted octanol–water partition coefficient (Wildman–Crippen LogP) is 1.95. The Labute approximate surface area is 148 Å². The van der Waals surface area contributed by atoms with Gasteiger partial charge in [0, 0.05) is 57.0 Å². The molecule has 1 N–H and O–H groups in total. The summed E-state index contributed by atoms with van der Waals surface area (Å²) in [4.78, 5) is 11.9. The van der Waals surface area contributed by atoms with E-state index in [-0.39, 0.29) is 0 Å². The summed E-state index contributed by atoms with van der Waals surface area (Å²) in [5, 5.41) is 3.45. The molecule has 2 saturated heterocycles. The molecule has 6 heteroatoms. The minimum absolute atomic E-state index is 0.359. The van der Waals surface area contributed by atoms with Gasteiger partial charge in [0.2, 0.25) is 0 Å². The summed E-state index contributed by atoms with van der Waals surface area (Å²) in [5.74, 6) is 1.04. The minimum atomic E-state index is 0.359. The SMILES string of the molecule is CCNC(=NCCc1cn2ccccc2n1)N1CCC2(CCOC2)C1. The largest absolute Gasteiger partial charge is 0.381 e. The molecule has 0 aliphatic carbocycles. The van der Waals surface area contributed by atoms with Crippen LogP contribution < -0.4 is 5.32 Å². The van der Waals surface area contributed by atoms with Gasteiger partial charge >= 0.3 is 0 Å². The number of imidazole rings is 1. The number of ether oxygens (including phenoxy) is 1. The first-order chi connectivity index (χ1) is 12.3. The summed E-state index contributed by atoms with van der Waals surface area (Å²) in [6.45, 7) is 7.73. The molecule has 2 aromatic heterocycles. The highest BCUT2D eigenvalue weighted by atomic mass is 16.5. The molecule has 25 heavy (non-hydrogen) atoms. The number of likely N-dealkylation sites (tertiary alicyclic amines) is 1. The van der Waals surface area contributed by atoms with Crippen LogP contribution in [0.15, 0.2) is 35.6 Å². The average Bonchev–Trinajstić information content (AvgIpc) is 3.35. The van der Waals surface area contributed by atoms with Crippen LogP contribution >= 0.6 is 0 Å². The summed E-state index contributed by atoms with van der Waals surface area (Å²) >= 11 is 0. The zero-order valence-electron chi connectivity index (χ0n) is 14.9. The van der Waals surface area contributed by atoms with Crippen molar-refractivity contribution >= 4 is 11.6 Å². The maximum atomic E-state index is 5.64. The monoisotopic (exact) mass is 341 g/mol. The number of guanidine groups is 1. The van der Waals surface area contributed by atoms with Crippen molar-refractivity contribution in [1.82, 2.24) is 19.6 Å². The zero-order chi connectivity index (χ0) is 17.1. The van der Waals surface area contributed by atoms with E-state index in [1.165, 1.54) is 12.8 Å². The Morgan fingerprint density at radius 1 is 1.40 bits per heavy atom. The Bertz CT molecular complexity index is 714. The van der Waals surface area contributed by atoms with Crippen molar-refractivity contribution in [3.63, 3.8) is 0 Å². The van der Waals surface area contributed by atoms with E-state index in [0.29, 0.717) is 5.41 Å². The topological polar surface area (TPSA) is 54.2 Å². The second-order valence-electron chi connectivity index (χ2n) is 7.16. The third-order valence-corrected chi connectivity index (χ3v) is 5.30. The van der Waals surface area contributed by atoms with Gasteiger partial charge in [-0.15, -0.1) is 0 Å². The minimum Gasteiger partial charge on any atom is -0.381 e. The zero-order valence-corrected chi connectivity index (χ0v) is 14.9. The molecule has 1 atom stereocenters. The van der Waals surface area contributed by atoms with Crippen LogP contribution in [-0.4, -0.2) is 59.6 Å². The lowest BCUT2D eigenvalue weighted by Gasteiger charge is -2.24. The molecular weight excluding hydrogens is 314 g/mol. The summed E-state index contributed by atoms with van der Waals surface area (Å²) in [6.07, 6.45) is 7.39. The highest BCUT2D eigenvalue weighted by molar-refractivity contribution is 5.80. The molecule has 2 aliphatic rings. The number of nitrogens with zero attached hydrogens (tertiary/aromatic N) is 4. The van der Waals surface area contributed by atoms with Crippen molar-refractivity contribution < 1.29 is 4.74 Å². The number of rotatable bonds is 4. The third kappa shape index (κ3) is 3.49. The van der Waals surface area contributed by atoms with Gasteiger partial charge in [0.15, 0.2) is 5.96 Å². The van der Waals surface area contributed by atoms with Crippen molar-refractivity contribution in [3.8, 4) is 0 Å². The van der Waals surface area contributed by atoms with Crippen LogP contribution in [0.1, 0.15) is 25.5 Å². The molecule has 2 aromatic rings. The molecule has 0 saturated carbocycles. The van der Waals surface area contributed by atoms with Crippen molar-refractivity contribution in [2.24, 2.45) is 10.4 Å². The van der Waals surface area contributed by atoms with Crippen LogP contribution in [0.4, 0.5) is 0 Å². The highest BCUT2D eigenvalue weighted by Gasteiger charge is 2.42. The Morgan fingerprint density at radius 3 is 3.16 bits per heavy atom. The van der Waals surface area contributed by atoms with Gasteiger partial charge in [0.1, 0.15) is 5.65 Å². The number of hydrogen-bond donors (Lipinski definition) is 1. The first kappa shape index (κ1) is 16.4. The van der Waals surface area contributed by atoms with Crippen LogP contribution in [0.25, 0.3) is 5.65 Å². The average molecular weight is 341 g/mol. The van der Waals surface area contributed by atoms with E-state index in [1.807, 2.05) is 24.4 Å². The van der Waals surface area contributed by atoms with Gasteiger partial charge in [-0.3, -0.25) is 4.99 Å². The first-order valence-electron chi connectivity index (χ1n) is 9.32. The van der Waals surface area contributed by atoms with Crippen molar-refractivity contribution in [2.45, 2.75) is 26.2 Å². The molecule has 0 amide bonds. The number of hydrogen-bond acceptors (Lipinski definition) is 3. The Kier molecular flexibility index (Phi) is 4.61. The molecule has 2 aliphatic heterocycles. The maximum Gasteiger partial charge on any atom is 0.193 e. The van der Waals surface area contributed by atoms with E-state index in [9.17, 15) is 0 Å². The third-order valence-electron chi connectivity index (χ3n) is 5.30. The highest BCUT2D eigenvalue weighted by Crippen LogP contribution is 2.38. The molecule has 0 bridgehead atoms. The molecule has 0 radical (unpaired) electrons. The van der Waals surface area contributed by atoms with Crippen LogP contribution in [0.5, 0.6) is 0 Å².